The van der Waals surface area contributed by atoms with Crippen molar-refractivity contribution in [3.8, 4) is 0 Å². The number of halogens is 1. The topological polar surface area (TPSA) is 71.1 Å². The number of piperidine rings is 1. The number of hydrogen-bond donors (Lipinski definition) is 2. The molecule has 1 aromatic heterocycles. The van der Waals surface area contributed by atoms with E-state index in [0.29, 0.717) is 12.8 Å². The van der Waals surface area contributed by atoms with Crippen molar-refractivity contribution in [2.75, 3.05) is 13.1 Å². The fourth-order valence-corrected chi connectivity index (χ4v) is 3.50. The van der Waals surface area contributed by atoms with Crippen molar-refractivity contribution in [1.29, 1.82) is 0 Å². The third-order valence-corrected chi connectivity index (χ3v) is 4.64. The zero-order valence-corrected chi connectivity index (χ0v) is 10.9. The molecule has 0 unspecified atom stereocenters. The van der Waals surface area contributed by atoms with Crippen LogP contribution in [0.25, 0.3) is 0 Å². The molecular weight excluding hydrogens is 257 g/mol. The standard InChI is InChI=1S/C11H16FN3O2S/c1-11(4-7-13-8-5-11)15-18(16,17)10-9(12)3-2-6-14-10/h2-3,6,13,15H,4-5,7-8H2,1H3. The Kier molecular flexibility index (Phi) is 3.65. The van der Waals surface area contributed by atoms with E-state index >= 15 is 0 Å². The number of hydrogen-bond acceptors (Lipinski definition) is 4. The zero-order valence-electron chi connectivity index (χ0n) is 10.1. The predicted molar refractivity (Wildman–Crippen MR) is 65.0 cm³/mol. The molecule has 0 aromatic carbocycles. The van der Waals surface area contributed by atoms with Crippen molar-refractivity contribution in [1.82, 2.24) is 15.0 Å². The first-order valence-corrected chi connectivity index (χ1v) is 7.27. The third kappa shape index (κ3) is 2.85. The van der Waals surface area contributed by atoms with E-state index in [4.69, 9.17) is 0 Å². The second-order valence-electron chi connectivity index (χ2n) is 4.71. The Morgan fingerprint density at radius 3 is 2.72 bits per heavy atom. The van der Waals surface area contributed by atoms with Crippen LogP contribution in [0.5, 0.6) is 0 Å². The number of pyridine rings is 1. The Morgan fingerprint density at radius 2 is 2.11 bits per heavy atom. The van der Waals surface area contributed by atoms with E-state index < -0.39 is 26.4 Å². The van der Waals surface area contributed by atoms with Gasteiger partial charge < -0.3 is 5.32 Å². The van der Waals surface area contributed by atoms with E-state index in [2.05, 4.69) is 15.0 Å². The molecule has 5 nitrogen and oxygen atoms in total. The summed E-state index contributed by atoms with van der Waals surface area (Å²) in [5.74, 6) is -0.831. The average molecular weight is 273 g/mol. The fraction of sp³-hybridized carbons (Fsp3) is 0.545. The maximum atomic E-state index is 13.5. The Labute approximate surface area is 106 Å². The van der Waals surface area contributed by atoms with Gasteiger partial charge in [-0.05, 0) is 45.0 Å². The normalized spacial score (nSPS) is 19.7. The fourth-order valence-electron chi connectivity index (χ4n) is 2.02. The summed E-state index contributed by atoms with van der Waals surface area (Å²) in [6.45, 7) is 3.31. The first-order chi connectivity index (χ1) is 8.43. The quantitative estimate of drug-likeness (QED) is 0.848. The van der Waals surface area contributed by atoms with Gasteiger partial charge in [-0.25, -0.2) is 22.5 Å². The van der Waals surface area contributed by atoms with E-state index in [-0.39, 0.29) is 0 Å². The van der Waals surface area contributed by atoms with Gasteiger partial charge in [0.15, 0.2) is 5.82 Å². The lowest BCUT2D eigenvalue weighted by molar-refractivity contribution is 0.307. The maximum Gasteiger partial charge on any atom is 0.261 e. The van der Waals surface area contributed by atoms with Crippen LogP contribution in [0, 0.1) is 5.82 Å². The number of sulfonamides is 1. The van der Waals surface area contributed by atoms with Crippen LogP contribution in [0.1, 0.15) is 19.8 Å². The summed E-state index contributed by atoms with van der Waals surface area (Å²) in [6.07, 6.45) is 2.60. The van der Waals surface area contributed by atoms with Gasteiger partial charge in [0.05, 0.1) is 0 Å². The highest BCUT2D eigenvalue weighted by molar-refractivity contribution is 7.89. The summed E-state index contributed by atoms with van der Waals surface area (Å²) in [5.41, 5.74) is -0.548. The van der Waals surface area contributed by atoms with Gasteiger partial charge >= 0.3 is 0 Å². The van der Waals surface area contributed by atoms with E-state index in [1.807, 2.05) is 6.92 Å². The van der Waals surface area contributed by atoms with E-state index in [9.17, 15) is 12.8 Å². The van der Waals surface area contributed by atoms with Gasteiger partial charge in [0, 0.05) is 11.7 Å². The summed E-state index contributed by atoms with van der Waals surface area (Å²) >= 11 is 0. The van der Waals surface area contributed by atoms with Gasteiger partial charge in [0.25, 0.3) is 10.0 Å². The Balaban J connectivity index is 2.25. The monoisotopic (exact) mass is 273 g/mol. The smallest absolute Gasteiger partial charge is 0.261 e. The lowest BCUT2D eigenvalue weighted by Crippen LogP contribution is -2.52. The van der Waals surface area contributed by atoms with E-state index in [0.717, 1.165) is 19.2 Å². The molecule has 1 aliphatic heterocycles. The van der Waals surface area contributed by atoms with Crippen LogP contribution >= 0.6 is 0 Å². The molecule has 2 N–H and O–H groups in total. The summed E-state index contributed by atoms with van der Waals surface area (Å²) in [6, 6.07) is 2.45. The SMILES string of the molecule is CC1(NS(=O)(=O)c2ncccc2F)CCNCC1. The largest absolute Gasteiger partial charge is 0.317 e. The lowest BCUT2D eigenvalue weighted by Gasteiger charge is -2.34. The minimum absolute atomic E-state index is 0.537. The van der Waals surface area contributed by atoms with Crippen LogP contribution in [0.2, 0.25) is 0 Å². The molecule has 0 amide bonds. The number of nitrogens with one attached hydrogen (secondary N) is 2. The molecule has 100 valence electrons. The van der Waals surface area contributed by atoms with Gasteiger partial charge in [0.2, 0.25) is 5.03 Å². The van der Waals surface area contributed by atoms with E-state index in [1.165, 1.54) is 12.3 Å². The first-order valence-electron chi connectivity index (χ1n) is 5.78. The molecule has 2 heterocycles. The predicted octanol–water partition coefficient (Wildman–Crippen LogP) is 0.641. The molecule has 0 spiro atoms. The molecule has 2 rings (SSSR count). The van der Waals surface area contributed by atoms with Crippen LogP contribution in [0.15, 0.2) is 23.4 Å². The van der Waals surface area contributed by atoms with Crippen molar-refractivity contribution < 1.29 is 12.8 Å². The molecule has 0 atom stereocenters. The summed E-state index contributed by atoms with van der Waals surface area (Å²) in [4.78, 5) is 3.61. The van der Waals surface area contributed by atoms with Crippen molar-refractivity contribution in [3.63, 3.8) is 0 Å². The summed E-state index contributed by atoms with van der Waals surface area (Å²) in [7, 11) is -3.91. The van der Waals surface area contributed by atoms with Gasteiger partial charge in [-0.3, -0.25) is 0 Å². The van der Waals surface area contributed by atoms with Gasteiger partial charge in [-0.1, -0.05) is 0 Å². The Hall–Kier alpha value is -1.05. The van der Waals surface area contributed by atoms with Crippen LogP contribution < -0.4 is 10.0 Å². The number of nitrogens with zero attached hydrogens (tertiary/aromatic N) is 1. The van der Waals surface area contributed by atoms with Crippen LogP contribution in [-0.4, -0.2) is 32.0 Å². The Morgan fingerprint density at radius 1 is 1.44 bits per heavy atom. The second-order valence-corrected chi connectivity index (χ2v) is 6.30. The first kappa shape index (κ1) is 13.4. The van der Waals surface area contributed by atoms with Crippen molar-refractivity contribution in [2.45, 2.75) is 30.3 Å². The molecule has 0 radical (unpaired) electrons. The molecular formula is C11H16FN3O2S. The molecule has 0 bridgehead atoms. The van der Waals surface area contributed by atoms with Gasteiger partial charge in [0.1, 0.15) is 0 Å². The minimum Gasteiger partial charge on any atom is -0.317 e. The molecule has 1 saturated heterocycles. The lowest BCUT2D eigenvalue weighted by atomic mass is 9.92. The highest BCUT2D eigenvalue weighted by Crippen LogP contribution is 2.21. The van der Waals surface area contributed by atoms with Crippen LogP contribution in [0.4, 0.5) is 4.39 Å². The molecule has 7 heteroatoms. The maximum absolute atomic E-state index is 13.5. The van der Waals surface area contributed by atoms with E-state index in [1.54, 1.807) is 0 Å². The Bertz CT molecular complexity index is 527. The molecule has 1 aliphatic rings. The number of aromatic nitrogens is 1. The van der Waals surface area contributed by atoms with Crippen molar-refractivity contribution >= 4 is 10.0 Å². The number of rotatable bonds is 3. The summed E-state index contributed by atoms with van der Waals surface area (Å²) < 4.78 is 40.2. The molecule has 0 aliphatic carbocycles. The van der Waals surface area contributed by atoms with Crippen LogP contribution in [-0.2, 0) is 10.0 Å². The molecule has 0 saturated carbocycles. The molecule has 18 heavy (non-hydrogen) atoms. The highest BCUT2D eigenvalue weighted by atomic mass is 32.2. The summed E-state index contributed by atoms with van der Waals surface area (Å²) in [5, 5.41) is 2.62. The molecule has 1 aromatic rings. The highest BCUT2D eigenvalue weighted by Gasteiger charge is 2.33. The van der Waals surface area contributed by atoms with Crippen molar-refractivity contribution in [3.05, 3.63) is 24.1 Å². The van der Waals surface area contributed by atoms with Crippen LogP contribution in [0.3, 0.4) is 0 Å². The van der Waals surface area contributed by atoms with Crippen molar-refractivity contribution in [2.24, 2.45) is 0 Å². The third-order valence-electron chi connectivity index (χ3n) is 3.07. The van der Waals surface area contributed by atoms with Gasteiger partial charge in [-0.15, -0.1) is 0 Å². The average Bonchev–Trinajstić information content (AvgIpc) is 2.28. The molecule has 1 fully saturated rings. The van der Waals surface area contributed by atoms with Gasteiger partial charge in [-0.2, -0.15) is 0 Å². The minimum atomic E-state index is -3.91. The zero-order chi connectivity index (χ0) is 13.2. The second kappa shape index (κ2) is 4.91.